The number of hydrogen-bond donors (Lipinski definition) is 1. The van der Waals surface area contributed by atoms with Crippen LogP contribution in [0.5, 0.6) is 0 Å². The average Bonchev–Trinajstić information content (AvgIpc) is 3.24. The van der Waals surface area contributed by atoms with E-state index in [2.05, 4.69) is 15.3 Å². The van der Waals surface area contributed by atoms with Crippen LogP contribution < -0.4 is 5.32 Å². The van der Waals surface area contributed by atoms with E-state index in [1.54, 1.807) is 23.3 Å². The highest BCUT2D eigenvalue weighted by molar-refractivity contribution is 7.07. The quantitative estimate of drug-likeness (QED) is 0.903. The first kappa shape index (κ1) is 15.3. The molecular formula is C17H18N4O2S. The van der Waals surface area contributed by atoms with Crippen LogP contribution in [0.15, 0.2) is 35.4 Å². The summed E-state index contributed by atoms with van der Waals surface area (Å²) in [4.78, 5) is 34.6. The Labute approximate surface area is 143 Å². The Kier molecular flexibility index (Phi) is 3.80. The highest BCUT2D eigenvalue weighted by Gasteiger charge is 2.49. The van der Waals surface area contributed by atoms with Crippen LogP contribution in [0.1, 0.15) is 41.2 Å². The highest BCUT2D eigenvalue weighted by atomic mass is 32.1. The summed E-state index contributed by atoms with van der Waals surface area (Å²) in [5.74, 6) is 0.219. The highest BCUT2D eigenvalue weighted by Crippen LogP contribution is 2.43. The molecule has 0 radical (unpaired) electrons. The predicted molar refractivity (Wildman–Crippen MR) is 89.7 cm³/mol. The number of hydrogen-bond acceptors (Lipinski definition) is 5. The maximum Gasteiger partial charge on any atom is 0.273 e. The van der Waals surface area contributed by atoms with E-state index in [4.69, 9.17) is 0 Å². The summed E-state index contributed by atoms with van der Waals surface area (Å²) in [6, 6.07) is 3.97. The average molecular weight is 342 g/mol. The van der Waals surface area contributed by atoms with Crippen molar-refractivity contribution in [1.29, 1.82) is 0 Å². The monoisotopic (exact) mass is 342 g/mol. The number of piperidine rings is 1. The lowest BCUT2D eigenvalue weighted by molar-refractivity contribution is -0.120. The fourth-order valence-electron chi connectivity index (χ4n) is 3.89. The topological polar surface area (TPSA) is 75.2 Å². The molecule has 2 fully saturated rings. The maximum absolute atomic E-state index is 12.5. The van der Waals surface area contributed by atoms with Crippen molar-refractivity contribution in [3.8, 4) is 0 Å². The predicted octanol–water partition coefficient (Wildman–Crippen LogP) is 1.82. The van der Waals surface area contributed by atoms with Gasteiger partial charge in [0.2, 0.25) is 5.91 Å². The number of carbonyl (C=O) groups is 2. The second-order valence-corrected chi connectivity index (χ2v) is 7.13. The Morgan fingerprint density at radius 3 is 2.71 bits per heavy atom. The van der Waals surface area contributed by atoms with Crippen molar-refractivity contribution in [1.82, 2.24) is 20.2 Å². The van der Waals surface area contributed by atoms with Crippen LogP contribution in [-0.4, -0.2) is 45.3 Å². The van der Waals surface area contributed by atoms with Crippen LogP contribution >= 0.6 is 11.3 Å². The first-order chi connectivity index (χ1) is 11.7. The number of pyridine rings is 1. The molecule has 1 spiro atoms. The molecular weight excluding hydrogens is 324 g/mol. The van der Waals surface area contributed by atoms with Gasteiger partial charge in [0.05, 0.1) is 11.0 Å². The van der Waals surface area contributed by atoms with Gasteiger partial charge < -0.3 is 10.2 Å². The lowest BCUT2D eigenvalue weighted by Crippen LogP contribution is -2.54. The molecule has 124 valence electrons. The van der Waals surface area contributed by atoms with Gasteiger partial charge in [0.25, 0.3) is 5.91 Å². The van der Waals surface area contributed by atoms with Crippen LogP contribution in [0, 0.1) is 0 Å². The van der Waals surface area contributed by atoms with E-state index in [-0.39, 0.29) is 23.3 Å². The summed E-state index contributed by atoms with van der Waals surface area (Å²) in [5.41, 5.74) is 3.08. The normalized spacial score (nSPS) is 22.6. The third-order valence-corrected chi connectivity index (χ3v) is 5.73. The third kappa shape index (κ3) is 2.58. The molecule has 4 heterocycles. The number of rotatable bonds is 2. The zero-order valence-electron chi connectivity index (χ0n) is 13.1. The van der Waals surface area contributed by atoms with Gasteiger partial charge in [0.1, 0.15) is 5.69 Å². The van der Waals surface area contributed by atoms with E-state index in [1.165, 1.54) is 11.3 Å². The second kappa shape index (κ2) is 5.98. The summed E-state index contributed by atoms with van der Waals surface area (Å²) >= 11 is 1.43. The molecule has 2 saturated heterocycles. The summed E-state index contributed by atoms with van der Waals surface area (Å²) < 4.78 is 0. The van der Waals surface area contributed by atoms with Crippen LogP contribution in [0.3, 0.4) is 0 Å². The number of likely N-dealkylation sites (tertiary alicyclic amines) is 1. The van der Waals surface area contributed by atoms with Gasteiger partial charge in [-0.25, -0.2) is 4.98 Å². The summed E-state index contributed by atoms with van der Waals surface area (Å²) in [6.45, 7) is 1.27. The standard InChI is InChI=1S/C17H18N4O2S/c22-15-9-13(12-1-5-18-6-2-12)17(20-15)3-7-21(8-4-17)16(23)14-10-24-11-19-14/h1-2,5-6,10-11,13H,3-4,7-9H2,(H,20,22)/t13-/m1/s1. The van der Waals surface area contributed by atoms with E-state index >= 15 is 0 Å². The minimum atomic E-state index is -0.253. The molecule has 24 heavy (non-hydrogen) atoms. The SMILES string of the molecule is O=C1C[C@H](c2ccncc2)C2(CCN(C(=O)c3cscn3)CC2)N1. The Balaban J connectivity index is 1.52. The van der Waals surface area contributed by atoms with E-state index < -0.39 is 0 Å². The minimum Gasteiger partial charge on any atom is -0.350 e. The van der Waals surface area contributed by atoms with Gasteiger partial charge in [0, 0.05) is 43.2 Å². The van der Waals surface area contributed by atoms with Crippen molar-refractivity contribution in [3.63, 3.8) is 0 Å². The number of amides is 2. The van der Waals surface area contributed by atoms with Crippen molar-refractivity contribution in [2.24, 2.45) is 0 Å². The smallest absolute Gasteiger partial charge is 0.273 e. The molecule has 0 aliphatic carbocycles. The van der Waals surface area contributed by atoms with E-state index in [9.17, 15) is 9.59 Å². The van der Waals surface area contributed by atoms with Crippen molar-refractivity contribution in [2.45, 2.75) is 30.7 Å². The molecule has 2 aliphatic rings. The molecule has 0 bridgehead atoms. The lowest BCUT2D eigenvalue weighted by atomic mass is 9.74. The fraction of sp³-hybridized carbons (Fsp3) is 0.412. The molecule has 2 aromatic heterocycles. The van der Waals surface area contributed by atoms with Gasteiger partial charge >= 0.3 is 0 Å². The molecule has 0 unspecified atom stereocenters. The lowest BCUT2D eigenvalue weighted by Gasteiger charge is -2.42. The maximum atomic E-state index is 12.5. The van der Waals surface area contributed by atoms with Crippen LogP contribution in [-0.2, 0) is 4.79 Å². The van der Waals surface area contributed by atoms with Gasteiger partial charge in [-0.1, -0.05) is 0 Å². The van der Waals surface area contributed by atoms with Gasteiger partial charge in [-0.2, -0.15) is 0 Å². The van der Waals surface area contributed by atoms with Crippen molar-refractivity contribution in [3.05, 3.63) is 46.7 Å². The Morgan fingerprint density at radius 1 is 1.29 bits per heavy atom. The third-order valence-electron chi connectivity index (χ3n) is 5.15. The number of nitrogens with one attached hydrogen (secondary N) is 1. The van der Waals surface area contributed by atoms with Crippen LogP contribution in [0.25, 0.3) is 0 Å². The second-order valence-electron chi connectivity index (χ2n) is 6.41. The van der Waals surface area contributed by atoms with Gasteiger partial charge in [-0.3, -0.25) is 14.6 Å². The Bertz CT molecular complexity index is 739. The molecule has 1 N–H and O–H groups in total. The molecule has 2 amide bonds. The van der Waals surface area contributed by atoms with Crippen molar-refractivity contribution in [2.75, 3.05) is 13.1 Å². The first-order valence-corrected chi connectivity index (χ1v) is 9.01. The zero-order chi connectivity index (χ0) is 16.6. The molecule has 6 nitrogen and oxygen atoms in total. The number of nitrogens with zero attached hydrogens (tertiary/aromatic N) is 3. The number of aromatic nitrogens is 2. The van der Waals surface area contributed by atoms with Crippen molar-refractivity contribution >= 4 is 23.2 Å². The largest absolute Gasteiger partial charge is 0.350 e. The molecule has 7 heteroatoms. The zero-order valence-corrected chi connectivity index (χ0v) is 14.0. The Hall–Kier alpha value is -2.28. The van der Waals surface area contributed by atoms with Crippen LogP contribution in [0.2, 0.25) is 0 Å². The molecule has 2 aromatic rings. The number of carbonyl (C=O) groups excluding carboxylic acids is 2. The first-order valence-electron chi connectivity index (χ1n) is 8.06. The van der Waals surface area contributed by atoms with Crippen LogP contribution in [0.4, 0.5) is 0 Å². The fourth-order valence-corrected chi connectivity index (χ4v) is 4.42. The number of thiazole rings is 1. The van der Waals surface area contributed by atoms with E-state index in [0.29, 0.717) is 25.2 Å². The van der Waals surface area contributed by atoms with E-state index in [0.717, 1.165) is 18.4 Å². The van der Waals surface area contributed by atoms with Gasteiger partial charge in [-0.05, 0) is 30.5 Å². The summed E-state index contributed by atoms with van der Waals surface area (Å²) in [5, 5.41) is 4.98. The molecule has 2 aliphatic heterocycles. The van der Waals surface area contributed by atoms with E-state index in [1.807, 2.05) is 17.0 Å². The molecule has 1 atom stereocenters. The minimum absolute atomic E-state index is 0.0177. The van der Waals surface area contributed by atoms with Gasteiger partial charge in [-0.15, -0.1) is 11.3 Å². The summed E-state index contributed by atoms with van der Waals surface area (Å²) in [6.07, 6.45) is 5.58. The van der Waals surface area contributed by atoms with Crippen molar-refractivity contribution < 1.29 is 9.59 Å². The summed E-state index contributed by atoms with van der Waals surface area (Å²) in [7, 11) is 0. The molecule has 0 aromatic carbocycles. The Morgan fingerprint density at radius 2 is 2.04 bits per heavy atom. The van der Waals surface area contributed by atoms with Gasteiger partial charge in [0.15, 0.2) is 0 Å². The molecule has 0 saturated carbocycles. The molecule has 4 rings (SSSR count).